The predicted molar refractivity (Wildman–Crippen MR) is 294 cm³/mol. The van der Waals surface area contributed by atoms with Crippen LogP contribution in [0, 0.1) is 0 Å². The van der Waals surface area contributed by atoms with E-state index in [2.05, 4.69) is 223 Å². The Bertz CT molecular complexity index is 4510. The van der Waals surface area contributed by atoms with Crippen molar-refractivity contribution >= 4 is 117 Å². The Balaban J connectivity index is 1.08. The zero-order valence-electron chi connectivity index (χ0n) is 36.9. The number of aromatic nitrogens is 4. The maximum Gasteiger partial charge on any atom is 0.166 e. The first-order valence-electron chi connectivity index (χ1n) is 23.2. The zero-order valence-corrected chi connectivity index (χ0v) is 38.5. The van der Waals surface area contributed by atoms with Crippen LogP contribution in [0.3, 0.4) is 0 Å². The maximum absolute atomic E-state index is 5.61. The fourth-order valence-electron chi connectivity index (χ4n) is 10.7. The van der Waals surface area contributed by atoms with Crippen LogP contribution in [-0.4, -0.2) is 19.5 Å². The largest absolute Gasteiger partial charge is 0.308 e. The summed E-state index contributed by atoms with van der Waals surface area (Å²) in [6.07, 6.45) is 0. The molecule has 4 nitrogen and oxygen atoms in total. The van der Waals surface area contributed by atoms with E-state index in [4.69, 9.17) is 15.0 Å². The number of thiophene rings is 2. The number of hydrogen-bond donors (Lipinski definition) is 0. The van der Waals surface area contributed by atoms with Gasteiger partial charge in [0.25, 0.3) is 0 Å². The first-order chi connectivity index (χ1) is 34.2. The molecule has 0 aliphatic carbocycles. The van der Waals surface area contributed by atoms with Crippen LogP contribution in [0.5, 0.6) is 0 Å². The van der Waals surface area contributed by atoms with Gasteiger partial charge in [-0.2, -0.15) is 0 Å². The van der Waals surface area contributed by atoms with Crippen molar-refractivity contribution in [1.29, 1.82) is 0 Å². The van der Waals surface area contributed by atoms with Gasteiger partial charge in [0.15, 0.2) is 17.5 Å². The summed E-state index contributed by atoms with van der Waals surface area (Å²) in [5, 5.41) is 14.5. The molecule has 0 atom stereocenters. The Labute approximate surface area is 403 Å². The molecule has 4 heterocycles. The van der Waals surface area contributed by atoms with Gasteiger partial charge >= 0.3 is 0 Å². The van der Waals surface area contributed by atoms with Gasteiger partial charge in [-0.05, 0) is 104 Å². The van der Waals surface area contributed by atoms with Crippen molar-refractivity contribution in [1.82, 2.24) is 19.5 Å². The molecule has 15 rings (SSSR count). The average molecular weight is 913 g/mol. The average Bonchev–Trinajstić information content (AvgIpc) is 4.07. The van der Waals surface area contributed by atoms with Gasteiger partial charge in [-0.1, -0.05) is 158 Å². The van der Waals surface area contributed by atoms with Crippen LogP contribution in [0.2, 0.25) is 0 Å². The van der Waals surface area contributed by atoms with E-state index in [-0.39, 0.29) is 0 Å². The molecule has 0 amide bonds. The van der Waals surface area contributed by atoms with E-state index in [0.29, 0.717) is 17.5 Å². The highest BCUT2D eigenvalue weighted by molar-refractivity contribution is 7.26. The third-order valence-corrected chi connectivity index (χ3v) is 16.3. The third kappa shape index (κ3) is 6.03. The summed E-state index contributed by atoms with van der Waals surface area (Å²) < 4.78 is 7.37. The van der Waals surface area contributed by atoms with Crippen molar-refractivity contribution in [3.8, 4) is 51.0 Å². The van der Waals surface area contributed by atoms with E-state index in [1.807, 2.05) is 11.3 Å². The monoisotopic (exact) mass is 912 g/mol. The minimum Gasteiger partial charge on any atom is -0.308 e. The van der Waals surface area contributed by atoms with Gasteiger partial charge in [-0.3, -0.25) is 0 Å². The fraction of sp³-hybridized carbons (Fsp3) is 0. The summed E-state index contributed by atoms with van der Waals surface area (Å²) in [4.78, 5) is 16.6. The van der Waals surface area contributed by atoms with Crippen LogP contribution in [0.25, 0.3) is 145 Å². The summed E-state index contributed by atoms with van der Waals surface area (Å²) >= 11 is 3.64. The number of nitrogens with zero attached hydrogens (tertiary/aromatic N) is 4. The summed E-state index contributed by atoms with van der Waals surface area (Å²) in [6, 6.07) is 79.3. The Morgan fingerprint density at radius 2 is 0.826 bits per heavy atom. The van der Waals surface area contributed by atoms with Crippen molar-refractivity contribution < 1.29 is 0 Å². The van der Waals surface area contributed by atoms with Crippen LogP contribution in [0.15, 0.2) is 218 Å². The molecule has 320 valence electrons. The molecule has 0 bridgehead atoms. The van der Waals surface area contributed by atoms with Crippen molar-refractivity contribution in [2.45, 2.75) is 0 Å². The lowest BCUT2D eigenvalue weighted by Gasteiger charge is -2.17. The molecule has 4 aromatic heterocycles. The van der Waals surface area contributed by atoms with Gasteiger partial charge < -0.3 is 4.57 Å². The molecule has 0 saturated heterocycles. The minimum absolute atomic E-state index is 0.619. The molecule has 69 heavy (non-hydrogen) atoms. The van der Waals surface area contributed by atoms with E-state index >= 15 is 0 Å². The van der Waals surface area contributed by atoms with Crippen LogP contribution < -0.4 is 0 Å². The molecular weight excluding hydrogens is 877 g/mol. The van der Waals surface area contributed by atoms with E-state index in [1.165, 1.54) is 78.7 Å². The minimum atomic E-state index is 0.619. The highest BCUT2D eigenvalue weighted by Gasteiger charge is 2.25. The molecular formula is C63H36N4S2. The van der Waals surface area contributed by atoms with Crippen LogP contribution in [-0.2, 0) is 0 Å². The fourth-order valence-corrected chi connectivity index (χ4v) is 13.0. The van der Waals surface area contributed by atoms with Crippen LogP contribution >= 0.6 is 22.7 Å². The van der Waals surface area contributed by atoms with E-state index < -0.39 is 0 Å². The normalized spacial score (nSPS) is 12.1. The molecule has 0 saturated carbocycles. The van der Waals surface area contributed by atoms with Crippen molar-refractivity contribution in [3.05, 3.63) is 218 Å². The first-order valence-corrected chi connectivity index (χ1v) is 24.9. The lowest BCUT2D eigenvalue weighted by molar-refractivity contribution is 1.07. The topological polar surface area (TPSA) is 43.6 Å². The number of benzene rings is 11. The third-order valence-electron chi connectivity index (χ3n) is 14.0. The smallest absolute Gasteiger partial charge is 0.166 e. The molecule has 6 heteroatoms. The number of fused-ring (bicyclic) bond motifs is 12. The van der Waals surface area contributed by atoms with E-state index in [0.717, 1.165) is 49.2 Å². The van der Waals surface area contributed by atoms with E-state index in [1.54, 1.807) is 11.3 Å². The summed E-state index contributed by atoms with van der Waals surface area (Å²) in [5.74, 6) is 1.89. The molecule has 0 unspecified atom stereocenters. The Morgan fingerprint density at radius 3 is 1.51 bits per heavy atom. The Hall–Kier alpha value is -8.55. The molecule has 0 radical (unpaired) electrons. The standard InChI is InChI=1S/C63H36N4S2/c1-2-13-37(14-3-1)38-25-27-39(28-26-38)61-64-62(66-63(65-61)49-23-12-22-47-46-21-10-11-24-55(46)69-60(47)49)48-29-30-56-58(52-33-42-17-6-9-20-45(42)36-57(52)68-56)59(48)67-53-34-43-18-7-4-15-40(43)31-50(53)51-32-41-16-5-8-19-44(41)35-54(51)67/h1-36H. The second-order valence-electron chi connectivity index (χ2n) is 17.9. The van der Waals surface area contributed by atoms with Gasteiger partial charge in [-0.25, -0.2) is 15.0 Å². The van der Waals surface area contributed by atoms with Crippen LogP contribution in [0.1, 0.15) is 0 Å². The van der Waals surface area contributed by atoms with Gasteiger partial charge in [-0.15, -0.1) is 22.7 Å². The molecule has 0 aliphatic heterocycles. The van der Waals surface area contributed by atoms with Crippen molar-refractivity contribution in [3.63, 3.8) is 0 Å². The molecule has 0 fully saturated rings. The molecule has 0 spiro atoms. The number of rotatable bonds is 5. The Morgan fingerprint density at radius 1 is 0.304 bits per heavy atom. The van der Waals surface area contributed by atoms with E-state index in [9.17, 15) is 0 Å². The maximum atomic E-state index is 5.61. The summed E-state index contributed by atoms with van der Waals surface area (Å²) in [6.45, 7) is 0. The first kappa shape index (κ1) is 38.5. The van der Waals surface area contributed by atoms with Gasteiger partial charge in [0, 0.05) is 67.8 Å². The zero-order chi connectivity index (χ0) is 45.2. The summed E-state index contributed by atoms with van der Waals surface area (Å²) in [5.41, 5.74) is 8.48. The molecule has 0 N–H and O–H groups in total. The lowest BCUT2D eigenvalue weighted by Crippen LogP contribution is -2.04. The van der Waals surface area contributed by atoms with Gasteiger partial charge in [0.05, 0.1) is 16.7 Å². The van der Waals surface area contributed by atoms with Crippen molar-refractivity contribution in [2.75, 3.05) is 0 Å². The SMILES string of the molecule is c1ccc(-c2ccc(-c3nc(-c4ccc5sc6cc7ccccc7cc6c5c4-n4c5cc6ccccc6cc5c5cc6ccccc6cc54)nc(-c4cccc5c4sc4ccccc45)n3)cc2)cc1. The predicted octanol–water partition coefficient (Wildman–Crippen LogP) is 17.8. The van der Waals surface area contributed by atoms with Gasteiger partial charge in [0.2, 0.25) is 0 Å². The van der Waals surface area contributed by atoms with Crippen molar-refractivity contribution in [2.24, 2.45) is 0 Å². The van der Waals surface area contributed by atoms with Gasteiger partial charge in [0.1, 0.15) is 0 Å². The lowest BCUT2D eigenvalue weighted by atomic mass is 10.0. The highest BCUT2D eigenvalue weighted by Crippen LogP contribution is 2.48. The quantitative estimate of drug-likeness (QED) is 0.173. The second-order valence-corrected chi connectivity index (χ2v) is 20.1. The highest BCUT2D eigenvalue weighted by atomic mass is 32.1. The molecule has 0 aliphatic rings. The number of hydrogen-bond acceptors (Lipinski definition) is 5. The Kier molecular flexibility index (Phi) is 8.37. The molecule has 11 aromatic carbocycles. The second kappa shape index (κ2) is 15.0. The summed E-state index contributed by atoms with van der Waals surface area (Å²) in [7, 11) is 0. The van der Waals surface area contributed by atoms with Crippen LogP contribution in [0.4, 0.5) is 0 Å². The molecule has 15 aromatic rings.